The summed E-state index contributed by atoms with van der Waals surface area (Å²) < 4.78 is 61.6. The number of fused-ring (bicyclic) bond motifs is 1. The summed E-state index contributed by atoms with van der Waals surface area (Å²) >= 11 is 6.41. The van der Waals surface area contributed by atoms with Crippen LogP contribution in [0.3, 0.4) is 0 Å². The van der Waals surface area contributed by atoms with Crippen molar-refractivity contribution in [1.82, 2.24) is 14.9 Å². The molecule has 14 heteroatoms. The van der Waals surface area contributed by atoms with Crippen LogP contribution in [0.15, 0.2) is 38.4 Å². The smallest absolute Gasteiger partial charge is 0.434 e. The van der Waals surface area contributed by atoms with Crippen LogP contribution in [0.25, 0.3) is 0 Å². The first-order chi connectivity index (χ1) is 18.6. The molecule has 1 aliphatic heterocycles. The number of H-pyrrole nitrogens is 1. The van der Waals surface area contributed by atoms with Crippen molar-refractivity contribution in [3.05, 3.63) is 68.2 Å². The molecule has 1 aromatic heterocycles. The highest BCUT2D eigenvalue weighted by Crippen LogP contribution is 2.44. The van der Waals surface area contributed by atoms with Gasteiger partial charge in [-0.1, -0.05) is 24.6 Å². The zero-order valence-electron chi connectivity index (χ0n) is 22.8. The van der Waals surface area contributed by atoms with E-state index >= 15 is 4.39 Å². The molecule has 0 aliphatic carbocycles. The summed E-state index contributed by atoms with van der Waals surface area (Å²) in [5.41, 5.74) is 0.837. The molecule has 0 fully saturated rings. The zero-order chi connectivity index (χ0) is 29.6. The van der Waals surface area contributed by atoms with Gasteiger partial charge in [-0.2, -0.15) is 4.72 Å². The maximum Gasteiger partial charge on any atom is 0.434 e. The molecular weight excluding hydrogens is 567 g/mol. The molecule has 1 aliphatic rings. The summed E-state index contributed by atoms with van der Waals surface area (Å²) in [5, 5.41) is 6.00. The van der Waals surface area contributed by atoms with E-state index in [1.54, 1.807) is 47.6 Å². The van der Waals surface area contributed by atoms with E-state index in [1.165, 1.54) is 23.1 Å². The van der Waals surface area contributed by atoms with Crippen LogP contribution in [0, 0.1) is 19.7 Å². The Bertz CT molecular complexity index is 1610. The number of nitrogens with one attached hydrogen (secondary N) is 2. The minimum absolute atomic E-state index is 0.0292. The van der Waals surface area contributed by atoms with Crippen molar-refractivity contribution >= 4 is 33.4 Å². The molecule has 2 N–H and O–H groups in total. The molecule has 2 unspecified atom stereocenters. The van der Waals surface area contributed by atoms with Gasteiger partial charge in [-0.25, -0.2) is 27.5 Å². The van der Waals surface area contributed by atoms with Gasteiger partial charge >= 0.3 is 11.8 Å². The predicted molar refractivity (Wildman–Crippen MR) is 145 cm³/mol. The third-order valence-corrected chi connectivity index (χ3v) is 8.24. The molecule has 0 radical (unpaired) electrons. The van der Waals surface area contributed by atoms with Gasteiger partial charge in [0.1, 0.15) is 34.6 Å². The van der Waals surface area contributed by atoms with Crippen LogP contribution < -0.4 is 20.1 Å². The summed E-state index contributed by atoms with van der Waals surface area (Å²) in [6.07, 6.45) is -0.725. The SMILES string of the molecule is Cc1ccc(F)c(C(C)C(NS(=O)(=O)c2ccc(Cl)c3c2OCCN3C(=O)OC(C)(C)C)c2n[nH]c(=O)o2)c1C. The van der Waals surface area contributed by atoms with Crippen LogP contribution in [0.5, 0.6) is 5.75 Å². The average molecular weight is 597 g/mol. The summed E-state index contributed by atoms with van der Waals surface area (Å²) in [6.45, 7) is 10.2. The first kappa shape index (κ1) is 29.6. The van der Waals surface area contributed by atoms with E-state index in [0.29, 0.717) is 5.56 Å². The lowest BCUT2D eigenvalue weighted by Gasteiger charge is -2.33. The van der Waals surface area contributed by atoms with E-state index < -0.39 is 45.3 Å². The molecule has 11 nitrogen and oxygen atoms in total. The van der Waals surface area contributed by atoms with Gasteiger partial charge in [-0.15, -0.1) is 5.10 Å². The van der Waals surface area contributed by atoms with Crippen molar-refractivity contribution in [3.8, 4) is 5.75 Å². The third-order valence-electron chi connectivity index (χ3n) is 6.47. The molecule has 0 bridgehead atoms. The first-order valence-corrected chi connectivity index (χ1v) is 14.3. The average Bonchev–Trinajstić information content (AvgIpc) is 3.29. The zero-order valence-corrected chi connectivity index (χ0v) is 24.4. The van der Waals surface area contributed by atoms with E-state index in [2.05, 4.69) is 14.9 Å². The number of amides is 1. The third kappa shape index (κ3) is 5.86. The quantitative estimate of drug-likeness (QED) is 0.416. The number of sulfonamides is 1. The van der Waals surface area contributed by atoms with Crippen LogP contribution in [-0.2, 0) is 14.8 Å². The summed E-state index contributed by atoms with van der Waals surface area (Å²) in [6, 6.07) is 4.13. The van der Waals surface area contributed by atoms with Crippen LogP contribution in [-0.4, -0.2) is 43.5 Å². The second-order valence-electron chi connectivity index (χ2n) is 10.4. The number of aromatic amines is 1. The summed E-state index contributed by atoms with van der Waals surface area (Å²) in [4.78, 5) is 25.6. The molecule has 0 saturated heterocycles. The Balaban J connectivity index is 1.80. The van der Waals surface area contributed by atoms with Crippen molar-refractivity contribution in [1.29, 1.82) is 0 Å². The Kier molecular flexibility index (Phi) is 8.03. The molecule has 4 rings (SSSR count). The van der Waals surface area contributed by atoms with Crippen LogP contribution in [0.2, 0.25) is 5.02 Å². The van der Waals surface area contributed by atoms with Gasteiger partial charge in [0.25, 0.3) is 0 Å². The van der Waals surface area contributed by atoms with Crippen LogP contribution in [0.4, 0.5) is 14.9 Å². The number of carbonyl (C=O) groups is 1. The molecule has 2 aromatic carbocycles. The van der Waals surface area contributed by atoms with Crippen molar-refractivity contribution in [2.75, 3.05) is 18.1 Å². The second-order valence-corrected chi connectivity index (χ2v) is 12.5. The van der Waals surface area contributed by atoms with Crippen molar-refractivity contribution < 1.29 is 31.5 Å². The Labute approximate surface area is 235 Å². The van der Waals surface area contributed by atoms with Gasteiger partial charge < -0.3 is 13.9 Å². The number of nitrogens with zero attached hydrogens (tertiary/aromatic N) is 2. The fourth-order valence-electron chi connectivity index (χ4n) is 4.48. The first-order valence-electron chi connectivity index (χ1n) is 12.4. The maximum atomic E-state index is 15.0. The predicted octanol–water partition coefficient (Wildman–Crippen LogP) is 4.73. The number of aromatic nitrogens is 2. The fourth-order valence-corrected chi connectivity index (χ4v) is 6.15. The standard InChI is InChI=1S/C26H30ClFN4O7S/c1-13-7-9-17(28)19(14(13)2)15(3)20(23-29-30-24(33)38-23)31-40(35,36)18-10-8-16(27)21-22(18)37-12-11-32(21)25(34)39-26(4,5)6/h7-10,15,20,31H,11-12H2,1-6H3,(H,30,33). The van der Waals surface area contributed by atoms with Gasteiger partial charge in [-0.3, -0.25) is 4.90 Å². The van der Waals surface area contributed by atoms with Gasteiger partial charge in [0, 0.05) is 5.92 Å². The van der Waals surface area contributed by atoms with Gasteiger partial charge in [0.2, 0.25) is 15.9 Å². The van der Waals surface area contributed by atoms with Crippen LogP contribution in [0.1, 0.15) is 62.2 Å². The lowest BCUT2D eigenvalue weighted by atomic mass is 9.88. The number of hydrogen-bond acceptors (Lipinski definition) is 8. The fraction of sp³-hybridized carbons (Fsp3) is 0.423. The minimum Gasteiger partial charge on any atom is -0.488 e. The number of ether oxygens (including phenoxy) is 2. The largest absolute Gasteiger partial charge is 0.488 e. The van der Waals surface area contributed by atoms with Gasteiger partial charge in [0.15, 0.2) is 5.75 Å². The number of aryl methyl sites for hydroxylation is 1. The highest BCUT2D eigenvalue weighted by Gasteiger charge is 2.38. The lowest BCUT2D eigenvalue weighted by Crippen LogP contribution is -2.42. The molecule has 40 heavy (non-hydrogen) atoms. The van der Waals surface area contributed by atoms with Crippen molar-refractivity contribution in [3.63, 3.8) is 0 Å². The van der Waals surface area contributed by atoms with E-state index in [1.807, 2.05) is 0 Å². The van der Waals surface area contributed by atoms with E-state index in [-0.39, 0.29) is 46.0 Å². The Morgan fingerprint density at radius 3 is 2.58 bits per heavy atom. The highest BCUT2D eigenvalue weighted by atomic mass is 35.5. The van der Waals surface area contributed by atoms with Crippen LogP contribution >= 0.6 is 11.6 Å². The minimum atomic E-state index is -4.48. The van der Waals surface area contributed by atoms with Crippen molar-refractivity contribution in [2.24, 2.45) is 0 Å². The second kappa shape index (κ2) is 10.9. The molecule has 0 saturated carbocycles. The Hall–Kier alpha value is -3.42. The van der Waals surface area contributed by atoms with E-state index in [9.17, 15) is 18.0 Å². The molecule has 3 aromatic rings. The van der Waals surface area contributed by atoms with E-state index in [4.69, 9.17) is 25.5 Å². The monoisotopic (exact) mass is 596 g/mol. The number of anilines is 1. The Morgan fingerprint density at radius 1 is 1.25 bits per heavy atom. The number of halogens is 2. The normalized spacial score (nSPS) is 15.2. The number of carbonyl (C=O) groups excluding carboxylic acids is 1. The number of benzene rings is 2. The molecule has 1 amide bonds. The number of rotatable bonds is 6. The number of hydrogen-bond donors (Lipinski definition) is 2. The maximum absolute atomic E-state index is 15.0. The molecule has 2 atom stereocenters. The van der Waals surface area contributed by atoms with Gasteiger partial charge in [0.05, 0.1) is 11.6 Å². The summed E-state index contributed by atoms with van der Waals surface area (Å²) in [5.74, 6) is -2.79. The summed E-state index contributed by atoms with van der Waals surface area (Å²) in [7, 11) is -4.48. The molecule has 0 spiro atoms. The lowest BCUT2D eigenvalue weighted by molar-refractivity contribution is 0.0567. The molecule has 216 valence electrons. The molecular formula is C26H30ClFN4O7S. The van der Waals surface area contributed by atoms with E-state index in [0.717, 1.165) is 5.56 Å². The topological polar surface area (TPSA) is 144 Å². The van der Waals surface area contributed by atoms with Gasteiger partial charge in [-0.05, 0) is 69.5 Å². The molecule has 2 heterocycles. The Morgan fingerprint density at radius 2 is 1.95 bits per heavy atom. The van der Waals surface area contributed by atoms with Crippen molar-refractivity contribution in [2.45, 2.75) is 64.0 Å². The highest BCUT2D eigenvalue weighted by molar-refractivity contribution is 7.89.